The molecule has 3 aromatic heterocycles. The molecule has 0 aliphatic heterocycles. The van der Waals surface area contributed by atoms with E-state index in [1.165, 1.54) is 0 Å². The molecule has 0 aliphatic rings. The third kappa shape index (κ3) is 1.01. The maximum Gasteiger partial charge on any atom is 0.156 e. The highest BCUT2D eigenvalue weighted by atomic mass is 15.0. The number of hydrogen-bond acceptors (Lipinski definition) is 2. The van der Waals surface area contributed by atoms with Gasteiger partial charge in [0, 0.05) is 24.8 Å². The average Bonchev–Trinajstić information content (AvgIpc) is 2.86. The Labute approximate surface area is 80.3 Å². The smallest absolute Gasteiger partial charge is 0.156 e. The SMILES string of the molecule is c1c[nH]c(-c2cn3ccncc3n2)c1. The molecule has 1 N–H and O–H groups in total. The van der Waals surface area contributed by atoms with Crippen LogP contribution in [0, 0.1) is 0 Å². The number of hydrogen-bond donors (Lipinski definition) is 1. The minimum atomic E-state index is 0.858. The zero-order valence-electron chi connectivity index (χ0n) is 7.38. The molecule has 3 rings (SSSR count). The maximum absolute atomic E-state index is 4.42. The second-order valence-corrected chi connectivity index (χ2v) is 3.05. The number of aromatic amines is 1. The molecule has 4 nitrogen and oxygen atoms in total. The van der Waals surface area contributed by atoms with Crippen LogP contribution in [0.1, 0.15) is 0 Å². The summed E-state index contributed by atoms with van der Waals surface area (Å²) in [4.78, 5) is 11.6. The Morgan fingerprint density at radius 2 is 2.36 bits per heavy atom. The lowest BCUT2D eigenvalue weighted by molar-refractivity contribution is 1.13. The summed E-state index contributed by atoms with van der Waals surface area (Å²) in [5.41, 5.74) is 2.81. The predicted octanol–water partition coefficient (Wildman–Crippen LogP) is 1.72. The number of H-pyrrole nitrogens is 1. The van der Waals surface area contributed by atoms with Gasteiger partial charge in [0.2, 0.25) is 0 Å². The highest BCUT2D eigenvalue weighted by molar-refractivity contribution is 5.58. The molecule has 0 radical (unpaired) electrons. The van der Waals surface area contributed by atoms with Crippen molar-refractivity contribution < 1.29 is 0 Å². The molecule has 68 valence electrons. The van der Waals surface area contributed by atoms with Gasteiger partial charge in [-0.25, -0.2) is 4.98 Å². The van der Waals surface area contributed by atoms with Gasteiger partial charge >= 0.3 is 0 Å². The highest BCUT2D eigenvalue weighted by Crippen LogP contribution is 2.15. The standard InChI is InChI=1S/C10H8N4/c1-2-8(12-3-1)9-7-14-5-4-11-6-10(14)13-9/h1-7,12H. The van der Waals surface area contributed by atoms with Crippen LogP contribution in [0.4, 0.5) is 0 Å². The molecule has 0 saturated heterocycles. The van der Waals surface area contributed by atoms with Crippen LogP contribution in [0.15, 0.2) is 43.1 Å². The van der Waals surface area contributed by atoms with Gasteiger partial charge in [0.15, 0.2) is 5.65 Å². The van der Waals surface area contributed by atoms with E-state index >= 15 is 0 Å². The van der Waals surface area contributed by atoms with Crippen molar-refractivity contribution in [3.05, 3.63) is 43.1 Å². The van der Waals surface area contributed by atoms with Crippen molar-refractivity contribution in [2.24, 2.45) is 0 Å². The van der Waals surface area contributed by atoms with Crippen molar-refractivity contribution in [2.45, 2.75) is 0 Å². The fourth-order valence-corrected chi connectivity index (χ4v) is 1.46. The molecule has 0 aromatic carbocycles. The summed E-state index contributed by atoms with van der Waals surface area (Å²) in [5.74, 6) is 0. The Bertz CT molecular complexity index is 517. The summed E-state index contributed by atoms with van der Waals surface area (Å²) in [6.45, 7) is 0. The Balaban J connectivity index is 2.24. The highest BCUT2D eigenvalue weighted by Gasteiger charge is 2.03. The van der Waals surface area contributed by atoms with Crippen LogP contribution in [0.2, 0.25) is 0 Å². The largest absolute Gasteiger partial charge is 0.360 e. The van der Waals surface area contributed by atoms with Crippen molar-refractivity contribution in [3.8, 4) is 11.4 Å². The van der Waals surface area contributed by atoms with E-state index in [0.717, 1.165) is 17.0 Å². The van der Waals surface area contributed by atoms with Gasteiger partial charge < -0.3 is 9.38 Å². The first kappa shape index (κ1) is 7.32. The Hall–Kier alpha value is -2.10. The van der Waals surface area contributed by atoms with Gasteiger partial charge in [0.25, 0.3) is 0 Å². The van der Waals surface area contributed by atoms with Crippen molar-refractivity contribution in [2.75, 3.05) is 0 Å². The third-order valence-electron chi connectivity index (χ3n) is 2.14. The second kappa shape index (κ2) is 2.70. The average molecular weight is 184 g/mol. The quantitative estimate of drug-likeness (QED) is 0.626. The first-order valence-corrected chi connectivity index (χ1v) is 4.36. The molecular formula is C10H8N4. The Morgan fingerprint density at radius 1 is 1.36 bits per heavy atom. The number of imidazole rings is 1. The third-order valence-corrected chi connectivity index (χ3v) is 2.14. The zero-order chi connectivity index (χ0) is 9.38. The van der Waals surface area contributed by atoms with Gasteiger partial charge in [-0.15, -0.1) is 0 Å². The fourth-order valence-electron chi connectivity index (χ4n) is 1.46. The van der Waals surface area contributed by atoms with E-state index in [9.17, 15) is 0 Å². The lowest BCUT2D eigenvalue weighted by Crippen LogP contribution is -1.81. The molecule has 4 heteroatoms. The van der Waals surface area contributed by atoms with Gasteiger partial charge in [-0.05, 0) is 12.1 Å². The monoisotopic (exact) mass is 184 g/mol. The first-order chi connectivity index (χ1) is 6.93. The van der Waals surface area contributed by atoms with Crippen LogP contribution >= 0.6 is 0 Å². The van der Waals surface area contributed by atoms with Crippen molar-refractivity contribution in [1.82, 2.24) is 19.4 Å². The molecular weight excluding hydrogens is 176 g/mol. The van der Waals surface area contributed by atoms with Gasteiger partial charge in [-0.1, -0.05) is 0 Å². The summed E-state index contributed by atoms with van der Waals surface area (Å²) < 4.78 is 1.95. The lowest BCUT2D eigenvalue weighted by Gasteiger charge is -1.86. The summed E-state index contributed by atoms with van der Waals surface area (Å²) in [6.07, 6.45) is 9.23. The van der Waals surface area contributed by atoms with Gasteiger partial charge in [-0.2, -0.15) is 0 Å². The van der Waals surface area contributed by atoms with Crippen LogP contribution in [-0.4, -0.2) is 19.4 Å². The molecule has 0 saturated carbocycles. The van der Waals surface area contributed by atoms with Crippen LogP contribution in [0.25, 0.3) is 17.0 Å². The molecule has 14 heavy (non-hydrogen) atoms. The number of nitrogens with one attached hydrogen (secondary N) is 1. The molecule has 0 amide bonds. The van der Waals surface area contributed by atoms with Crippen LogP contribution in [-0.2, 0) is 0 Å². The molecule has 0 atom stereocenters. The molecule has 0 aliphatic carbocycles. The van der Waals surface area contributed by atoms with E-state index in [2.05, 4.69) is 15.0 Å². The number of nitrogens with zero attached hydrogens (tertiary/aromatic N) is 3. The Morgan fingerprint density at radius 3 is 3.14 bits per heavy atom. The van der Waals surface area contributed by atoms with Crippen molar-refractivity contribution in [3.63, 3.8) is 0 Å². The fraction of sp³-hybridized carbons (Fsp3) is 0. The predicted molar refractivity (Wildman–Crippen MR) is 52.8 cm³/mol. The van der Waals surface area contributed by atoms with Crippen LogP contribution < -0.4 is 0 Å². The van der Waals surface area contributed by atoms with E-state index in [-0.39, 0.29) is 0 Å². The van der Waals surface area contributed by atoms with Gasteiger partial charge in [0.1, 0.15) is 5.69 Å². The number of rotatable bonds is 1. The van der Waals surface area contributed by atoms with Crippen LogP contribution in [0.5, 0.6) is 0 Å². The summed E-state index contributed by atoms with van der Waals surface area (Å²) in [5, 5.41) is 0. The molecule has 3 aromatic rings. The van der Waals surface area contributed by atoms with E-state index in [1.807, 2.05) is 35.1 Å². The minimum Gasteiger partial charge on any atom is -0.360 e. The summed E-state index contributed by atoms with van der Waals surface area (Å²) in [6, 6.07) is 3.95. The molecule has 0 bridgehead atoms. The summed E-state index contributed by atoms with van der Waals surface area (Å²) in [7, 11) is 0. The van der Waals surface area contributed by atoms with E-state index in [0.29, 0.717) is 0 Å². The number of fused-ring (bicyclic) bond motifs is 1. The van der Waals surface area contributed by atoms with E-state index < -0.39 is 0 Å². The van der Waals surface area contributed by atoms with Crippen molar-refractivity contribution >= 4 is 5.65 Å². The molecule has 3 heterocycles. The van der Waals surface area contributed by atoms with E-state index in [1.54, 1.807) is 12.4 Å². The number of aromatic nitrogens is 4. The second-order valence-electron chi connectivity index (χ2n) is 3.05. The van der Waals surface area contributed by atoms with Crippen molar-refractivity contribution in [1.29, 1.82) is 0 Å². The first-order valence-electron chi connectivity index (χ1n) is 4.36. The lowest BCUT2D eigenvalue weighted by atomic mass is 10.3. The van der Waals surface area contributed by atoms with Gasteiger partial charge in [-0.3, -0.25) is 4.98 Å². The minimum absolute atomic E-state index is 0.858. The topological polar surface area (TPSA) is 46.0 Å². The maximum atomic E-state index is 4.42. The van der Waals surface area contributed by atoms with Gasteiger partial charge in [0.05, 0.1) is 11.9 Å². The Kier molecular flexibility index (Phi) is 1.41. The molecule has 0 fully saturated rings. The normalized spacial score (nSPS) is 10.9. The van der Waals surface area contributed by atoms with E-state index in [4.69, 9.17) is 0 Å². The zero-order valence-corrected chi connectivity index (χ0v) is 7.38. The molecule has 0 unspecified atom stereocenters. The molecule has 0 spiro atoms. The summed E-state index contributed by atoms with van der Waals surface area (Å²) >= 11 is 0. The van der Waals surface area contributed by atoms with Crippen LogP contribution in [0.3, 0.4) is 0 Å².